The maximum absolute atomic E-state index is 12.5. The molecule has 0 radical (unpaired) electrons. The van der Waals surface area contributed by atoms with Gasteiger partial charge in [-0.2, -0.15) is 0 Å². The Hall–Kier alpha value is -2.14. The number of amides is 1. The summed E-state index contributed by atoms with van der Waals surface area (Å²) in [5, 5.41) is 3.41. The van der Waals surface area contributed by atoms with Crippen molar-refractivity contribution >= 4 is 11.6 Å². The van der Waals surface area contributed by atoms with Crippen molar-refractivity contribution in [1.82, 2.24) is 15.3 Å². The highest BCUT2D eigenvalue weighted by atomic mass is 16.2. The van der Waals surface area contributed by atoms with E-state index in [-0.39, 0.29) is 11.9 Å². The number of aromatic nitrogens is 2. The minimum atomic E-state index is -0.0412. The van der Waals surface area contributed by atoms with E-state index in [1.54, 1.807) is 6.20 Å². The Morgan fingerprint density at radius 1 is 1.42 bits per heavy atom. The van der Waals surface area contributed by atoms with Crippen LogP contribution in [0.3, 0.4) is 0 Å². The molecule has 0 saturated heterocycles. The predicted molar refractivity (Wildman–Crippen MR) is 73.0 cm³/mol. The van der Waals surface area contributed by atoms with Crippen molar-refractivity contribution < 1.29 is 4.79 Å². The van der Waals surface area contributed by atoms with Crippen LogP contribution in [0.1, 0.15) is 23.0 Å². The molecule has 19 heavy (non-hydrogen) atoms. The van der Waals surface area contributed by atoms with Gasteiger partial charge in [-0.05, 0) is 18.6 Å². The van der Waals surface area contributed by atoms with E-state index in [0.717, 1.165) is 17.8 Å². The Bertz CT molecular complexity index is 579. The van der Waals surface area contributed by atoms with E-state index < -0.39 is 0 Å². The number of benzene rings is 1. The van der Waals surface area contributed by atoms with E-state index in [0.29, 0.717) is 12.2 Å². The van der Waals surface area contributed by atoms with Gasteiger partial charge in [0, 0.05) is 24.8 Å². The quantitative estimate of drug-likeness (QED) is 0.813. The van der Waals surface area contributed by atoms with Crippen LogP contribution in [0.5, 0.6) is 0 Å². The zero-order valence-corrected chi connectivity index (χ0v) is 10.8. The van der Waals surface area contributed by atoms with E-state index in [2.05, 4.69) is 22.2 Å². The van der Waals surface area contributed by atoms with Gasteiger partial charge in [-0.1, -0.05) is 18.2 Å². The number of hydrogen-bond donors (Lipinski definition) is 2. The van der Waals surface area contributed by atoms with Crippen molar-refractivity contribution in [3.05, 3.63) is 48.0 Å². The number of rotatable bonds is 1. The zero-order chi connectivity index (χ0) is 13.2. The van der Waals surface area contributed by atoms with E-state index >= 15 is 0 Å². The Balaban J connectivity index is 2.01. The maximum Gasteiger partial charge on any atom is 0.276 e. The highest BCUT2D eigenvalue weighted by molar-refractivity contribution is 6.05. The number of nitrogens with one attached hydrogen (secondary N) is 2. The van der Waals surface area contributed by atoms with Gasteiger partial charge in [0.2, 0.25) is 0 Å². The fraction of sp³-hybridized carbons (Fsp3) is 0.286. The molecule has 1 aromatic heterocycles. The van der Waals surface area contributed by atoms with Crippen LogP contribution >= 0.6 is 0 Å². The standard InChI is InChI=1S/C14H16N4O/c1-10-8-18(14(19)12-7-15-9-17-12)13-5-3-2-4-11(13)6-16-10/h2-5,7,9-10,16H,6,8H2,1H3,(H,15,17). The van der Waals surface area contributed by atoms with Crippen LogP contribution in [-0.4, -0.2) is 28.5 Å². The molecular weight excluding hydrogens is 240 g/mol. The molecule has 0 saturated carbocycles. The molecule has 5 nitrogen and oxygen atoms in total. The number of carbonyl (C=O) groups excluding carboxylic acids is 1. The van der Waals surface area contributed by atoms with Crippen LogP contribution in [0, 0.1) is 0 Å². The van der Waals surface area contributed by atoms with Crippen LogP contribution in [0.25, 0.3) is 0 Å². The third-order valence-corrected chi connectivity index (χ3v) is 3.35. The number of carbonyl (C=O) groups is 1. The minimum Gasteiger partial charge on any atom is -0.341 e. The third kappa shape index (κ3) is 2.24. The lowest BCUT2D eigenvalue weighted by molar-refractivity contribution is 0.0981. The van der Waals surface area contributed by atoms with Gasteiger partial charge in [-0.3, -0.25) is 4.79 Å². The number of fused-ring (bicyclic) bond motifs is 1. The van der Waals surface area contributed by atoms with Gasteiger partial charge >= 0.3 is 0 Å². The molecule has 1 aliphatic rings. The van der Waals surface area contributed by atoms with Crippen molar-refractivity contribution in [3.8, 4) is 0 Å². The summed E-state index contributed by atoms with van der Waals surface area (Å²) in [4.78, 5) is 21.2. The molecule has 98 valence electrons. The van der Waals surface area contributed by atoms with Crippen molar-refractivity contribution in [1.29, 1.82) is 0 Å². The van der Waals surface area contributed by atoms with Gasteiger partial charge in [0.15, 0.2) is 0 Å². The molecule has 0 bridgehead atoms. The van der Waals surface area contributed by atoms with Crippen LogP contribution < -0.4 is 10.2 Å². The molecule has 1 aliphatic heterocycles. The predicted octanol–water partition coefficient (Wildman–Crippen LogP) is 1.55. The van der Waals surface area contributed by atoms with Gasteiger partial charge in [-0.25, -0.2) is 4.98 Å². The van der Waals surface area contributed by atoms with Crippen molar-refractivity contribution in [2.75, 3.05) is 11.4 Å². The first-order valence-corrected chi connectivity index (χ1v) is 6.37. The van der Waals surface area contributed by atoms with E-state index in [1.165, 1.54) is 6.33 Å². The molecule has 1 amide bonds. The van der Waals surface area contributed by atoms with Crippen molar-refractivity contribution in [2.45, 2.75) is 19.5 Å². The number of aromatic amines is 1. The first-order chi connectivity index (χ1) is 9.25. The molecule has 2 aromatic rings. The average molecular weight is 256 g/mol. The Morgan fingerprint density at radius 3 is 3.05 bits per heavy atom. The average Bonchev–Trinajstić information content (AvgIpc) is 2.91. The Labute approximate surface area is 111 Å². The summed E-state index contributed by atoms with van der Waals surface area (Å²) in [5.41, 5.74) is 2.63. The third-order valence-electron chi connectivity index (χ3n) is 3.35. The lowest BCUT2D eigenvalue weighted by Gasteiger charge is -2.23. The van der Waals surface area contributed by atoms with Gasteiger partial charge in [-0.15, -0.1) is 0 Å². The fourth-order valence-electron chi connectivity index (χ4n) is 2.36. The Kier molecular flexibility index (Phi) is 3.05. The van der Waals surface area contributed by atoms with Gasteiger partial charge in [0.05, 0.1) is 12.5 Å². The van der Waals surface area contributed by atoms with E-state index in [4.69, 9.17) is 0 Å². The molecule has 1 aromatic carbocycles. The molecule has 5 heteroatoms. The minimum absolute atomic E-state index is 0.0412. The molecule has 0 aliphatic carbocycles. The summed E-state index contributed by atoms with van der Waals surface area (Å²) < 4.78 is 0. The summed E-state index contributed by atoms with van der Waals surface area (Å²) in [7, 11) is 0. The second-order valence-electron chi connectivity index (χ2n) is 4.79. The monoisotopic (exact) mass is 256 g/mol. The lowest BCUT2D eigenvalue weighted by atomic mass is 10.1. The molecule has 0 fully saturated rings. The van der Waals surface area contributed by atoms with E-state index in [1.807, 2.05) is 29.2 Å². The number of nitrogens with zero attached hydrogens (tertiary/aromatic N) is 2. The highest BCUT2D eigenvalue weighted by Crippen LogP contribution is 2.24. The number of para-hydroxylation sites is 1. The normalized spacial score (nSPS) is 18.8. The molecule has 2 heterocycles. The summed E-state index contributed by atoms with van der Waals surface area (Å²) in [5.74, 6) is -0.0412. The molecule has 2 N–H and O–H groups in total. The summed E-state index contributed by atoms with van der Waals surface area (Å²) in [6.45, 7) is 3.51. The van der Waals surface area contributed by atoms with Gasteiger partial charge in [0.25, 0.3) is 5.91 Å². The number of H-pyrrole nitrogens is 1. The number of hydrogen-bond acceptors (Lipinski definition) is 3. The summed E-state index contributed by atoms with van der Waals surface area (Å²) in [6, 6.07) is 8.24. The van der Waals surface area contributed by atoms with E-state index in [9.17, 15) is 4.79 Å². The maximum atomic E-state index is 12.5. The molecule has 0 spiro atoms. The van der Waals surface area contributed by atoms with Crippen molar-refractivity contribution in [3.63, 3.8) is 0 Å². The second-order valence-corrected chi connectivity index (χ2v) is 4.79. The molecular formula is C14H16N4O. The molecule has 1 atom stereocenters. The number of imidazole rings is 1. The smallest absolute Gasteiger partial charge is 0.276 e. The first-order valence-electron chi connectivity index (χ1n) is 6.37. The largest absolute Gasteiger partial charge is 0.341 e. The second kappa shape index (κ2) is 4.85. The highest BCUT2D eigenvalue weighted by Gasteiger charge is 2.25. The van der Waals surface area contributed by atoms with Crippen LogP contribution in [0.2, 0.25) is 0 Å². The topological polar surface area (TPSA) is 61.0 Å². The lowest BCUT2D eigenvalue weighted by Crippen LogP contribution is -2.39. The SMILES string of the molecule is CC1CN(C(=O)c2cnc[nH]2)c2ccccc2CN1. The van der Waals surface area contributed by atoms with Crippen molar-refractivity contribution in [2.24, 2.45) is 0 Å². The fourth-order valence-corrected chi connectivity index (χ4v) is 2.36. The van der Waals surface area contributed by atoms with Crippen LogP contribution in [0.4, 0.5) is 5.69 Å². The van der Waals surface area contributed by atoms with Crippen LogP contribution in [0.15, 0.2) is 36.8 Å². The van der Waals surface area contributed by atoms with Crippen LogP contribution in [-0.2, 0) is 6.54 Å². The Morgan fingerprint density at radius 2 is 2.26 bits per heavy atom. The van der Waals surface area contributed by atoms with Gasteiger partial charge in [0.1, 0.15) is 5.69 Å². The summed E-state index contributed by atoms with van der Waals surface area (Å²) >= 11 is 0. The molecule has 1 unspecified atom stereocenters. The van der Waals surface area contributed by atoms with Gasteiger partial charge < -0.3 is 15.2 Å². The number of anilines is 1. The zero-order valence-electron chi connectivity index (χ0n) is 10.8. The molecule has 3 rings (SSSR count). The first kappa shape index (κ1) is 11.9. The summed E-state index contributed by atoms with van der Waals surface area (Å²) in [6.07, 6.45) is 3.09.